The van der Waals surface area contributed by atoms with E-state index >= 15 is 0 Å². The number of carbonyl (C=O) groups is 1. The first-order valence-electron chi connectivity index (χ1n) is 5.65. The van der Waals surface area contributed by atoms with Crippen LogP contribution in [0.4, 0.5) is 0 Å². The van der Waals surface area contributed by atoms with Crippen LogP contribution in [0.15, 0.2) is 17.0 Å². The lowest BCUT2D eigenvalue weighted by molar-refractivity contribution is -0.139. The van der Waals surface area contributed by atoms with E-state index in [2.05, 4.69) is 4.72 Å². The van der Waals surface area contributed by atoms with Crippen molar-refractivity contribution >= 4 is 16.0 Å². The molecule has 2 heterocycles. The lowest BCUT2D eigenvalue weighted by Gasteiger charge is -2.26. The molecule has 19 heavy (non-hydrogen) atoms. The first kappa shape index (κ1) is 12.2. The molecule has 2 N–H and O–H groups in total. The molecule has 1 aromatic rings. The molecule has 0 aromatic heterocycles. The van der Waals surface area contributed by atoms with E-state index in [1.54, 1.807) is 0 Å². The third-order valence-corrected chi connectivity index (χ3v) is 4.59. The van der Waals surface area contributed by atoms with Crippen LogP contribution >= 0.6 is 0 Å². The fraction of sp³-hybridized carbons (Fsp3) is 0.364. The van der Waals surface area contributed by atoms with Gasteiger partial charge in [0.1, 0.15) is 19.3 Å². The summed E-state index contributed by atoms with van der Waals surface area (Å²) in [5.41, 5.74) is 0.426. The van der Waals surface area contributed by atoms with E-state index in [1.165, 1.54) is 12.1 Å². The summed E-state index contributed by atoms with van der Waals surface area (Å²) >= 11 is 0. The molecule has 8 heteroatoms. The molecule has 0 spiro atoms. The molecular formula is C11H11NO6S. The Bertz CT molecular complexity index is 653. The van der Waals surface area contributed by atoms with Crippen LogP contribution in [-0.2, 0) is 21.2 Å². The van der Waals surface area contributed by atoms with E-state index in [0.29, 0.717) is 30.3 Å². The van der Waals surface area contributed by atoms with E-state index in [4.69, 9.17) is 14.6 Å². The van der Waals surface area contributed by atoms with Crippen molar-refractivity contribution in [3.8, 4) is 11.5 Å². The Morgan fingerprint density at radius 3 is 2.53 bits per heavy atom. The van der Waals surface area contributed by atoms with Gasteiger partial charge in [-0.25, -0.2) is 8.42 Å². The molecule has 3 rings (SSSR count). The van der Waals surface area contributed by atoms with Crippen LogP contribution in [0.2, 0.25) is 0 Å². The van der Waals surface area contributed by atoms with Crippen LogP contribution in [0.1, 0.15) is 5.56 Å². The highest BCUT2D eigenvalue weighted by molar-refractivity contribution is 7.89. The van der Waals surface area contributed by atoms with Gasteiger partial charge in [-0.2, -0.15) is 4.72 Å². The number of hydrogen-bond donors (Lipinski definition) is 2. The normalized spacial score (nSPS) is 23.5. The summed E-state index contributed by atoms with van der Waals surface area (Å²) in [6.07, 6.45) is 0.0839. The van der Waals surface area contributed by atoms with E-state index in [0.717, 1.165) is 0 Å². The number of carboxylic acid groups (broad SMARTS) is 1. The number of sulfonamides is 1. The molecule has 2 aliphatic heterocycles. The van der Waals surface area contributed by atoms with Crippen molar-refractivity contribution < 1.29 is 27.8 Å². The van der Waals surface area contributed by atoms with Gasteiger partial charge in [-0.1, -0.05) is 0 Å². The first-order valence-corrected chi connectivity index (χ1v) is 7.13. The highest BCUT2D eigenvalue weighted by atomic mass is 32.2. The van der Waals surface area contributed by atoms with E-state index in [1.807, 2.05) is 0 Å². The molecule has 1 unspecified atom stereocenters. The zero-order chi connectivity index (χ0) is 13.6. The minimum atomic E-state index is -3.84. The van der Waals surface area contributed by atoms with Crippen LogP contribution in [0, 0.1) is 0 Å². The SMILES string of the molecule is O=C(O)C1Cc2cc3c(cc2S(=O)(=O)N1)OCCO3. The average molecular weight is 285 g/mol. The van der Waals surface area contributed by atoms with Gasteiger partial charge in [-0.05, 0) is 11.6 Å². The predicted octanol–water partition coefficient (Wildman–Crippen LogP) is -0.255. The average Bonchev–Trinajstić information content (AvgIpc) is 2.36. The van der Waals surface area contributed by atoms with Crippen LogP contribution < -0.4 is 14.2 Å². The molecule has 2 aliphatic rings. The molecule has 0 bridgehead atoms. The third-order valence-electron chi connectivity index (χ3n) is 3.03. The van der Waals surface area contributed by atoms with Crippen LogP contribution in [0.5, 0.6) is 11.5 Å². The van der Waals surface area contributed by atoms with Crippen molar-refractivity contribution in [1.29, 1.82) is 0 Å². The largest absolute Gasteiger partial charge is 0.486 e. The number of nitrogens with one attached hydrogen (secondary N) is 1. The maximum atomic E-state index is 12.0. The second-order valence-corrected chi connectivity index (χ2v) is 6.00. The molecule has 0 amide bonds. The number of aliphatic carboxylic acids is 1. The molecular weight excluding hydrogens is 274 g/mol. The number of benzene rings is 1. The van der Waals surface area contributed by atoms with Crippen molar-refractivity contribution in [2.75, 3.05) is 13.2 Å². The first-order chi connectivity index (χ1) is 8.97. The summed E-state index contributed by atoms with van der Waals surface area (Å²) < 4.78 is 36.8. The zero-order valence-corrected chi connectivity index (χ0v) is 10.6. The lowest BCUT2D eigenvalue weighted by Crippen LogP contribution is -2.46. The quantitative estimate of drug-likeness (QED) is 0.737. The molecule has 1 aromatic carbocycles. The smallest absolute Gasteiger partial charge is 0.322 e. The fourth-order valence-corrected chi connectivity index (χ4v) is 3.61. The molecule has 0 saturated carbocycles. The van der Waals surface area contributed by atoms with E-state index < -0.39 is 22.0 Å². The Kier molecular flexibility index (Phi) is 2.64. The molecule has 1 atom stereocenters. The minimum absolute atomic E-state index is 0.0502. The third kappa shape index (κ3) is 2.02. The summed E-state index contributed by atoms with van der Waals surface area (Å²) in [4.78, 5) is 11.0. The van der Waals surface area contributed by atoms with Gasteiger partial charge in [0.05, 0.1) is 4.90 Å². The van der Waals surface area contributed by atoms with Crippen molar-refractivity contribution in [3.05, 3.63) is 17.7 Å². The van der Waals surface area contributed by atoms with Gasteiger partial charge in [0.2, 0.25) is 10.0 Å². The highest BCUT2D eigenvalue weighted by Crippen LogP contribution is 2.37. The number of carboxylic acids is 1. The monoisotopic (exact) mass is 285 g/mol. The number of rotatable bonds is 1. The Balaban J connectivity index is 2.13. The summed E-state index contributed by atoms with van der Waals surface area (Å²) in [6.45, 7) is 0.746. The zero-order valence-electron chi connectivity index (χ0n) is 9.75. The van der Waals surface area contributed by atoms with Crippen molar-refractivity contribution in [2.45, 2.75) is 17.4 Å². The van der Waals surface area contributed by atoms with Crippen molar-refractivity contribution in [2.24, 2.45) is 0 Å². The summed E-state index contributed by atoms with van der Waals surface area (Å²) in [5, 5.41) is 8.95. The Labute approximate surface area is 109 Å². The van der Waals surface area contributed by atoms with E-state index in [9.17, 15) is 13.2 Å². The molecule has 102 valence electrons. The standard InChI is InChI=1S/C11H11NO6S/c13-11(14)7-3-6-4-8-9(18-2-1-17-8)5-10(6)19(15,16)12-7/h4-5,7,12H,1-3H2,(H,13,14). The molecule has 0 aliphatic carbocycles. The van der Waals surface area contributed by atoms with Crippen LogP contribution in [0.3, 0.4) is 0 Å². The van der Waals surface area contributed by atoms with Gasteiger partial charge in [0.15, 0.2) is 11.5 Å². The maximum absolute atomic E-state index is 12.0. The summed E-state index contributed by atoms with van der Waals surface area (Å²) in [5.74, 6) is -0.389. The van der Waals surface area contributed by atoms with Gasteiger partial charge >= 0.3 is 5.97 Å². The number of ether oxygens (including phenoxy) is 2. The fourth-order valence-electron chi connectivity index (χ4n) is 2.17. The molecule has 7 nitrogen and oxygen atoms in total. The molecule has 0 saturated heterocycles. The lowest BCUT2D eigenvalue weighted by atomic mass is 10.1. The van der Waals surface area contributed by atoms with Crippen molar-refractivity contribution in [3.63, 3.8) is 0 Å². The number of hydrogen-bond acceptors (Lipinski definition) is 5. The maximum Gasteiger partial charge on any atom is 0.322 e. The number of fused-ring (bicyclic) bond motifs is 2. The highest BCUT2D eigenvalue weighted by Gasteiger charge is 2.35. The van der Waals surface area contributed by atoms with E-state index in [-0.39, 0.29) is 11.3 Å². The van der Waals surface area contributed by atoms with Crippen molar-refractivity contribution in [1.82, 2.24) is 4.72 Å². The minimum Gasteiger partial charge on any atom is -0.486 e. The van der Waals surface area contributed by atoms with Crippen LogP contribution in [-0.4, -0.2) is 38.7 Å². The second kappa shape index (κ2) is 4.10. The summed E-state index contributed by atoms with van der Waals surface area (Å²) in [6, 6.07) is 1.77. The summed E-state index contributed by atoms with van der Waals surface area (Å²) in [7, 11) is -3.84. The predicted molar refractivity (Wildman–Crippen MR) is 62.9 cm³/mol. The second-order valence-electron chi connectivity index (χ2n) is 4.32. The van der Waals surface area contributed by atoms with Gasteiger partial charge in [-0.3, -0.25) is 4.79 Å². The topological polar surface area (TPSA) is 102 Å². The Morgan fingerprint density at radius 1 is 1.26 bits per heavy atom. The van der Waals surface area contributed by atoms with Gasteiger partial charge in [-0.15, -0.1) is 0 Å². The van der Waals surface area contributed by atoms with Gasteiger partial charge in [0.25, 0.3) is 0 Å². The van der Waals surface area contributed by atoms with Gasteiger partial charge < -0.3 is 14.6 Å². The molecule has 0 radical (unpaired) electrons. The van der Waals surface area contributed by atoms with Crippen LogP contribution in [0.25, 0.3) is 0 Å². The molecule has 0 fully saturated rings. The van der Waals surface area contributed by atoms with Gasteiger partial charge in [0, 0.05) is 12.5 Å². The Hall–Kier alpha value is -1.80. The Morgan fingerprint density at radius 2 is 1.89 bits per heavy atom.